The highest BCUT2D eigenvalue weighted by Gasteiger charge is 2.10. The van der Waals surface area contributed by atoms with Crippen LogP contribution in [0.4, 0.5) is 14.6 Å². The van der Waals surface area contributed by atoms with Gasteiger partial charge < -0.3 is 10.1 Å². The highest BCUT2D eigenvalue weighted by Crippen LogP contribution is 2.16. The summed E-state index contributed by atoms with van der Waals surface area (Å²) >= 11 is 0. The number of hydrogen-bond donors (Lipinski definition) is 1. The SMILES string of the molecule is Cc1ccccc1Cn1ccc(NC(=O)c2ccc(OC(F)F)cc2)n1. The molecule has 0 spiro atoms. The number of rotatable bonds is 6. The van der Waals surface area contributed by atoms with Crippen molar-refractivity contribution >= 4 is 11.7 Å². The summed E-state index contributed by atoms with van der Waals surface area (Å²) in [4.78, 5) is 12.2. The van der Waals surface area contributed by atoms with E-state index in [1.807, 2.05) is 31.2 Å². The molecule has 0 unspecified atom stereocenters. The molecule has 134 valence electrons. The van der Waals surface area contributed by atoms with E-state index in [0.29, 0.717) is 17.9 Å². The Balaban J connectivity index is 1.63. The quantitative estimate of drug-likeness (QED) is 0.723. The first-order valence-corrected chi connectivity index (χ1v) is 7.95. The number of carbonyl (C=O) groups excluding carboxylic acids is 1. The lowest BCUT2D eigenvalue weighted by molar-refractivity contribution is -0.0498. The van der Waals surface area contributed by atoms with Gasteiger partial charge in [-0.25, -0.2) is 0 Å². The average Bonchev–Trinajstić information content (AvgIpc) is 3.04. The van der Waals surface area contributed by atoms with Crippen molar-refractivity contribution in [2.45, 2.75) is 20.1 Å². The zero-order valence-electron chi connectivity index (χ0n) is 14.0. The highest BCUT2D eigenvalue weighted by atomic mass is 19.3. The molecule has 3 aromatic rings. The van der Waals surface area contributed by atoms with Gasteiger partial charge in [-0.05, 0) is 42.3 Å². The molecule has 0 saturated carbocycles. The first-order valence-electron chi connectivity index (χ1n) is 7.95. The van der Waals surface area contributed by atoms with Gasteiger partial charge in [-0.15, -0.1) is 0 Å². The van der Waals surface area contributed by atoms with Crippen molar-refractivity contribution in [1.82, 2.24) is 9.78 Å². The van der Waals surface area contributed by atoms with Crippen molar-refractivity contribution in [3.8, 4) is 5.75 Å². The van der Waals surface area contributed by atoms with Crippen LogP contribution in [0.5, 0.6) is 5.75 Å². The van der Waals surface area contributed by atoms with Gasteiger partial charge in [-0.2, -0.15) is 13.9 Å². The third-order valence-electron chi connectivity index (χ3n) is 3.82. The minimum absolute atomic E-state index is 0.000871. The van der Waals surface area contributed by atoms with Crippen LogP contribution in [0.25, 0.3) is 0 Å². The number of aromatic nitrogens is 2. The Bertz CT molecular complexity index is 892. The van der Waals surface area contributed by atoms with Crippen LogP contribution in [0.15, 0.2) is 60.8 Å². The smallest absolute Gasteiger partial charge is 0.387 e. The van der Waals surface area contributed by atoms with Crippen LogP contribution in [0, 0.1) is 6.92 Å². The molecule has 0 aliphatic rings. The van der Waals surface area contributed by atoms with Crippen molar-refractivity contribution in [2.75, 3.05) is 5.32 Å². The number of hydrogen-bond acceptors (Lipinski definition) is 3. The van der Waals surface area contributed by atoms with Crippen LogP contribution < -0.4 is 10.1 Å². The Morgan fingerprint density at radius 3 is 2.58 bits per heavy atom. The maximum atomic E-state index is 12.2. The second-order valence-corrected chi connectivity index (χ2v) is 5.68. The zero-order valence-corrected chi connectivity index (χ0v) is 14.0. The number of halogens is 2. The number of alkyl halides is 2. The Kier molecular flexibility index (Phi) is 5.26. The van der Waals surface area contributed by atoms with Crippen LogP contribution in [0.3, 0.4) is 0 Å². The van der Waals surface area contributed by atoms with E-state index in [-0.39, 0.29) is 11.7 Å². The molecule has 0 aliphatic heterocycles. The average molecular weight is 357 g/mol. The molecule has 7 heteroatoms. The first kappa shape index (κ1) is 17.6. The number of amides is 1. The van der Waals surface area contributed by atoms with Crippen LogP contribution in [-0.4, -0.2) is 22.3 Å². The molecule has 0 bridgehead atoms. The second kappa shape index (κ2) is 7.77. The molecule has 3 rings (SSSR count). The first-order chi connectivity index (χ1) is 12.5. The summed E-state index contributed by atoms with van der Waals surface area (Å²) in [6, 6.07) is 15.2. The fourth-order valence-electron chi connectivity index (χ4n) is 2.45. The van der Waals surface area contributed by atoms with Gasteiger partial charge in [0.25, 0.3) is 5.91 Å². The van der Waals surface area contributed by atoms with Gasteiger partial charge in [0.2, 0.25) is 0 Å². The molecular formula is C19H17F2N3O2. The van der Waals surface area contributed by atoms with Crippen molar-refractivity contribution in [1.29, 1.82) is 0 Å². The molecule has 0 aliphatic carbocycles. The predicted molar refractivity (Wildman–Crippen MR) is 93.5 cm³/mol. The number of ether oxygens (including phenoxy) is 1. The molecule has 1 heterocycles. The molecule has 1 amide bonds. The van der Waals surface area contributed by atoms with E-state index in [1.165, 1.54) is 29.8 Å². The number of benzene rings is 2. The van der Waals surface area contributed by atoms with Gasteiger partial charge in [0.15, 0.2) is 5.82 Å². The zero-order chi connectivity index (χ0) is 18.5. The Morgan fingerprint density at radius 2 is 1.88 bits per heavy atom. The third-order valence-corrected chi connectivity index (χ3v) is 3.82. The maximum Gasteiger partial charge on any atom is 0.387 e. The van der Waals surface area contributed by atoms with E-state index in [9.17, 15) is 13.6 Å². The van der Waals surface area contributed by atoms with Gasteiger partial charge in [0, 0.05) is 17.8 Å². The molecule has 0 radical (unpaired) electrons. The van der Waals surface area contributed by atoms with Gasteiger partial charge in [-0.3, -0.25) is 9.48 Å². The topological polar surface area (TPSA) is 56.2 Å². The second-order valence-electron chi connectivity index (χ2n) is 5.68. The van der Waals surface area contributed by atoms with E-state index in [4.69, 9.17) is 0 Å². The molecule has 2 aromatic carbocycles. The van der Waals surface area contributed by atoms with Crippen molar-refractivity contribution < 1.29 is 18.3 Å². The lowest BCUT2D eigenvalue weighted by atomic mass is 10.1. The largest absolute Gasteiger partial charge is 0.435 e. The molecular weight excluding hydrogens is 340 g/mol. The number of nitrogens with zero attached hydrogens (tertiary/aromatic N) is 2. The standard InChI is InChI=1S/C19H17F2N3O2/c1-13-4-2-3-5-15(13)12-24-11-10-17(23-24)22-18(25)14-6-8-16(9-7-14)26-19(20)21/h2-11,19H,12H2,1H3,(H,22,23,25). The van der Waals surface area contributed by atoms with Crippen LogP contribution >= 0.6 is 0 Å². The van der Waals surface area contributed by atoms with Gasteiger partial charge in [0.05, 0.1) is 6.54 Å². The summed E-state index contributed by atoms with van der Waals surface area (Å²) in [6.45, 7) is -0.266. The molecule has 0 saturated heterocycles. The summed E-state index contributed by atoms with van der Waals surface area (Å²) in [6.07, 6.45) is 1.78. The molecule has 1 N–H and O–H groups in total. The number of anilines is 1. The summed E-state index contributed by atoms with van der Waals surface area (Å²) < 4.78 is 30.3. The van der Waals surface area contributed by atoms with E-state index in [1.54, 1.807) is 16.9 Å². The summed E-state index contributed by atoms with van der Waals surface area (Å²) in [5.74, 6) is 0.0327. The predicted octanol–water partition coefficient (Wildman–Crippen LogP) is 4.09. The Hall–Kier alpha value is -3.22. The minimum Gasteiger partial charge on any atom is -0.435 e. The normalized spacial score (nSPS) is 10.8. The number of nitrogens with one attached hydrogen (secondary N) is 1. The monoisotopic (exact) mass is 357 g/mol. The molecule has 0 fully saturated rings. The number of carbonyl (C=O) groups is 1. The van der Waals surface area contributed by atoms with Gasteiger partial charge in [-0.1, -0.05) is 24.3 Å². The molecule has 0 atom stereocenters. The van der Waals surface area contributed by atoms with Crippen molar-refractivity contribution in [3.63, 3.8) is 0 Å². The molecule has 26 heavy (non-hydrogen) atoms. The van der Waals surface area contributed by atoms with Gasteiger partial charge in [0.1, 0.15) is 5.75 Å². The summed E-state index contributed by atoms with van der Waals surface area (Å²) in [7, 11) is 0. The van der Waals surface area contributed by atoms with Crippen LogP contribution in [0.2, 0.25) is 0 Å². The van der Waals surface area contributed by atoms with E-state index < -0.39 is 6.61 Å². The lowest BCUT2D eigenvalue weighted by Crippen LogP contribution is -2.13. The highest BCUT2D eigenvalue weighted by molar-refractivity contribution is 6.03. The van der Waals surface area contributed by atoms with Crippen molar-refractivity contribution in [2.24, 2.45) is 0 Å². The van der Waals surface area contributed by atoms with E-state index >= 15 is 0 Å². The third kappa shape index (κ3) is 4.44. The molecule has 5 nitrogen and oxygen atoms in total. The molecule has 1 aromatic heterocycles. The fourth-order valence-corrected chi connectivity index (χ4v) is 2.45. The Labute approximate surface area is 149 Å². The van der Waals surface area contributed by atoms with Crippen LogP contribution in [-0.2, 0) is 6.54 Å². The lowest BCUT2D eigenvalue weighted by Gasteiger charge is -2.06. The van der Waals surface area contributed by atoms with Crippen molar-refractivity contribution in [3.05, 3.63) is 77.5 Å². The van der Waals surface area contributed by atoms with E-state index in [2.05, 4.69) is 15.2 Å². The summed E-state index contributed by atoms with van der Waals surface area (Å²) in [5, 5.41) is 7.01. The van der Waals surface area contributed by atoms with Gasteiger partial charge >= 0.3 is 6.61 Å². The van der Waals surface area contributed by atoms with E-state index in [0.717, 1.165) is 5.56 Å². The fraction of sp³-hybridized carbons (Fsp3) is 0.158. The minimum atomic E-state index is -2.90. The maximum absolute atomic E-state index is 12.2. The number of aryl methyl sites for hydroxylation is 1. The van der Waals surface area contributed by atoms with Crippen LogP contribution in [0.1, 0.15) is 21.5 Å². The Morgan fingerprint density at radius 1 is 1.15 bits per heavy atom. The summed E-state index contributed by atoms with van der Waals surface area (Å²) in [5.41, 5.74) is 2.63.